The first kappa shape index (κ1) is 21.6. The van der Waals surface area contributed by atoms with E-state index in [1.165, 1.54) is 0 Å². The zero-order valence-corrected chi connectivity index (χ0v) is 18.0. The van der Waals surface area contributed by atoms with Crippen LogP contribution in [0.1, 0.15) is 17.5 Å². The number of nitrogens with zero attached hydrogens (tertiary/aromatic N) is 1. The van der Waals surface area contributed by atoms with Crippen LogP contribution in [-0.4, -0.2) is 40.6 Å². The Morgan fingerprint density at radius 1 is 0.938 bits per heavy atom. The van der Waals surface area contributed by atoms with Crippen molar-refractivity contribution < 1.29 is 14.7 Å². The number of carboxylic acids is 1. The van der Waals surface area contributed by atoms with E-state index in [1.807, 2.05) is 66.4 Å². The van der Waals surface area contributed by atoms with Crippen LogP contribution in [0.4, 0.5) is 10.5 Å². The fraction of sp³-hybridized carbons (Fsp3) is 0.231. The highest BCUT2D eigenvalue weighted by Crippen LogP contribution is 2.24. The number of nitrogens with one attached hydrogen (secondary N) is 2. The fourth-order valence-electron chi connectivity index (χ4n) is 4.10. The van der Waals surface area contributed by atoms with E-state index in [4.69, 9.17) is 0 Å². The molecule has 0 unspecified atom stereocenters. The lowest BCUT2D eigenvalue weighted by atomic mass is 10.0. The molecule has 32 heavy (non-hydrogen) atoms. The molecule has 0 aromatic heterocycles. The van der Waals surface area contributed by atoms with Gasteiger partial charge >= 0.3 is 12.0 Å². The van der Waals surface area contributed by atoms with Gasteiger partial charge in [-0.15, -0.1) is 0 Å². The Morgan fingerprint density at radius 3 is 2.25 bits per heavy atom. The van der Waals surface area contributed by atoms with Crippen molar-refractivity contribution in [1.29, 1.82) is 0 Å². The first-order valence-electron chi connectivity index (χ1n) is 10.7. The Morgan fingerprint density at radius 2 is 1.59 bits per heavy atom. The molecular weight excluding hydrogens is 402 g/mol. The maximum Gasteiger partial charge on any atom is 0.321 e. The largest absolute Gasteiger partial charge is 0.480 e. The van der Waals surface area contributed by atoms with Gasteiger partial charge in [-0.05, 0) is 42.2 Å². The molecule has 4 rings (SSSR count). The maximum atomic E-state index is 12.4. The second kappa shape index (κ2) is 9.66. The van der Waals surface area contributed by atoms with E-state index in [9.17, 15) is 14.7 Å². The summed E-state index contributed by atoms with van der Waals surface area (Å²) in [6, 6.07) is 24.7. The van der Waals surface area contributed by atoms with E-state index in [-0.39, 0.29) is 12.1 Å². The Hall–Kier alpha value is -3.64. The minimum absolute atomic E-state index is 0.231. The average molecular weight is 430 g/mol. The molecule has 0 bridgehead atoms. The molecule has 1 heterocycles. The number of likely N-dealkylation sites (tertiary alicyclic amines) is 1. The molecule has 6 nitrogen and oxygen atoms in total. The summed E-state index contributed by atoms with van der Waals surface area (Å²) in [6.45, 7) is 2.99. The molecule has 1 saturated heterocycles. The van der Waals surface area contributed by atoms with Crippen LogP contribution in [0.2, 0.25) is 0 Å². The van der Waals surface area contributed by atoms with Gasteiger partial charge in [0.2, 0.25) is 0 Å². The Kier molecular flexibility index (Phi) is 6.52. The topological polar surface area (TPSA) is 81.7 Å². The van der Waals surface area contributed by atoms with Crippen LogP contribution in [-0.2, 0) is 11.3 Å². The monoisotopic (exact) mass is 429 g/mol. The maximum absolute atomic E-state index is 12.4. The molecule has 0 saturated carbocycles. The summed E-state index contributed by atoms with van der Waals surface area (Å²) in [5, 5.41) is 15.4. The summed E-state index contributed by atoms with van der Waals surface area (Å²) >= 11 is 0. The highest BCUT2D eigenvalue weighted by atomic mass is 16.4. The number of benzene rings is 3. The molecule has 2 atom stereocenters. The molecule has 3 aromatic carbocycles. The van der Waals surface area contributed by atoms with Gasteiger partial charge in [-0.1, -0.05) is 72.3 Å². The fourth-order valence-corrected chi connectivity index (χ4v) is 4.10. The third kappa shape index (κ3) is 5.34. The first-order valence-corrected chi connectivity index (χ1v) is 10.7. The molecule has 6 heteroatoms. The highest BCUT2D eigenvalue weighted by Gasteiger charge is 2.37. The molecule has 0 spiro atoms. The second-order valence-corrected chi connectivity index (χ2v) is 8.24. The van der Waals surface area contributed by atoms with Crippen molar-refractivity contribution in [3.63, 3.8) is 0 Å². The third-order valence-electron chi connectivity index (χ3n) is 5.78. The van der Waals surface area contributed by atoms with E-state index in [0.29, 0.717) is 25.2 Å². The zero-order valence-electron chi connectivity index (χ0n) is 18.0. The molecule has 0 radical (unpaired) electrons. The summed E-state index contributed by atoms with van der Waals surface area (Å²) in [5.41, 5.74) is 5.13. The van der Waals surface area contributed by atoms with E-state index in [0.717, 1.165) is 22.3 Å². The van der Waals surface area contributed by atoms with Gasteiger partial charge in [-0.25, -0.2) is 4.79 Å². The van der Waals surface area contributed by atoms with Crippen molar-refractivity contribution in [3.05, 3.63) is 90.0 Å². The van der Waals surface area contributed by atoms with Crippen molar-refractivity contribution in [1.82, 2.24) is 10.2 Å². The minimum atomic E-state index is -0.867. The van der Waals surface area contributed by atoms with Crippen LogP contribution in [0.15, 0.2) is 78.9 Å². The van der Waals surface area contributed by atoms with Gasteiger partial charge in [-0.3, -0.25) is 9.69 Å². The number of hydrogen-bond acceptors (Lipinski definition) is 3. The van der Waals surface area contributed by atoms with Gasteiger partial charge in [0.1, 0.15) is 6.04 Å². The summed E-state index contributed by atoms with van der Waals surface area (Å²) in [7, 11) is 0. The normalized spacial score (nSPS) is 18.3. The minimum Gasteiger partial charge on any atom is -0.480 e. The number of rotatable bonds is 6. The van der Waals surface area contributed by atoms with Crippen molar-refractivity contribution in [2.75, 3.05) is 11.9 Å². The molecule has 0 aliphatic carbocycles. The van der Waals surface area contributed by atoms with Gasteiger partial charge in [0.25, 0.3) is 0 Å². The number of hydrogen-bond donors (Lipinski definition) is 3. The molecule has 1 aliphatic rings. The van der Waals surface area contributed by atoms with Crippen LogP contribution >= 0.6 is 0 Å². The second-order valence-electron chi connectivity index (χ2n) is 8.24. The number of anilines is 1. The van der Waals surface area contributed by atoms with Crippen molar-refractivity contribution >= 4 is 17.7 Å². The van der Waals surface area contributed by atoms with Crippen LogP contribution in [0.3, 0.4) is 0 Å². The summed E-state index contributed by atoms with van der Waals surface area (Å²) in [4.78, 5) is 26.1. The van der Waals surface area contributed by atoms with Crippen molar-refractivity contribution in [2.24, 2.45) is 0 Å². The number of carboxylic acid groups (broad SMARTS) is 1. The van der Waals surface area contributed by atoms with Gasteiger partial charge in [0.15, 0.2) is 0 Å². The van der Waals surface area contributed by atoms with Crippen LogP contribution in [0.25, 0.3) is 11.1 Å². The molecular formula is C26H27N3O3. The van der Waals surface area contributed by atoms with Crippen molar-refractivity contribution in [2.45, 2.75) is 32.0 Å². The average Bonchev–Trinajstić information content (AvgIpc) is 3.18. The summed E-state index contributed by atoms with van der Waals surface area (Å²) < 4.78 is 0. The van der Waals surface area contributed by atoms with Crippen molar-refractivity contribution in [3.8, 4) is 11.1 Å². The number of aryl methyl sites for hydroxylation is 1. The number of carbonyl (C=O) groups excluding carboxylic acids is 1. The molecule has 1 aliphatic heterocycles. The van der Waals surface area contributed by atoms with E-state index >= 15 is 0 Å². The molecule has 2 amide bonds. The van der Waals surface area contributed by atoms with E-state index in [2.05, 4.69) is 34.9 Å². The first-order chi connectivity index (χ1) is 15.5. The number of carbonyl (C=O) groups is 2. The number of aliphatic carboxylic acids is 1. The molecule has 3 aromatic rings. The lowest BCUT2D eigenvalue weighted by molar-refractivity contribution is -0.142. The van der Waals surface area contributed by atoms with Gasteiger partial charge < -0.3 is 15.7 Å². The van der Waals surface area contributed by atoms with Crippen LogP contribution < -0.4 is 10.6 Å². The smallest absolute Gasteiger partial charge is 0.321 e. The third-order valence-corrected chi connectivity index (χ3v) is 5.78. The summed E-state index contributed by atoms with van der Waals surface area (Å²) in [5.74, 6) is -0.867. The number of urea groups is 1. The predicted molar refractivity (Wildman–Crippen MR) is 125 cm³/mol. The summed E-state index contributed by atoms with van der Waals surface area (Å²) in [6.07, 6.45) is 0.374. The van der Waals surface area contributed by atoms with E-state index < -0.39 is 12.0 Å². The molecule has 1 fully saturated rings. The quantitative estimate of drug-likeness (QED) is 0.538. The zero-order chi connectivity index (χ0) is 22.5. The SMILES string of the molecule is Cc1ccc(NC(=O)N[C@H]2C[C@@H](C(=O)O)N(Cc3ccc(-c4ccccc4)cc3)C2)cc1. The number of amides is 2. The van der Waals surface area contributed by atoms with Gasteiger partial charge in [0.05, 0.1) is 0 Å². The van der Waals surface area contributed by atoms with Gasteiger partial charge in [-0.2, -0.15) is 0 Å². The lowest BCUT2D eigenvalue weighted by Crippen LogP contribution is -2.39. The van der Waals surface area contributed by atoms with Gasteiger partial charge in [0, 0.05) is 24.8 Å². The standard InChI is InChI=1S/C26H27N3O3/c1-18-7-13-22(14-8-18)27-26(32)28-23-15-24(25(30)31)29(17-23)16-19-9-11-21(12-10-19)20-5-3-2-4-6-20/h2-14,23-24H,15-17H2,1H3,(H,30,31)(H2,27,28,32)/t23-,24-/m0/s1. The Balaban J connectivity index is 1.37. The molecule has 3 N–H and O–H groups in total. The molecule has 164 valence electrons. The predicted octanol–water partition coefficient (Wildman–Crippen LogP) is 4.51. The van der Waals surface area contributed by atoms with E-state index in [1.54, 1.807) is 0 Å². The Labute approximate surface area is 187 Å². The highest BCUT2D eigenvalue weighted by molar-refractivity contribution is 5.89. The van der Waals surface area contributed by atoms with Crippen LogP contribution in [0, 0.1) is 6.92 Å². The lowest BCUT2D eigenvalue weighted by Gasteiger charge is -2.21. The van der Waals surface area contributed by atoms with Crippen LogP contribution in [0.5, 0.6) is 0 Å². The Bertz CT molecular complexity index is 1070.